The third-order valence-electron chi connectivity index (χ3n) is 2.53. The maximum atomic E-state index is 14.0. The van der Waals surface area contributed by atoms with Gasteiger partial charge >= 0.3 is 0 Å². The van der Waals surface area contributed by atoms with Gasteiger partial charge in [-0.2, -0.15) is 15.0 Å². The molecule has 2 aromatic rings. The number of halogens is 2. The van der Waals surface area contributed by atoms with Crippen molar-refractivity contribution in [1.82, 2.24) is 15.0 Å². The molecule has 1 N–H and O–H groups in total. The number of hydrogen-bond acceptors (Lipinski definition) is 5. The zero-order valence-electron chi connectivity index (χ0n) is 11.5. The Balaban J connectivity index is 2.57. The zero-order valence-corrected chi connectivity index (χ0v) is 13.1. The molecular formula is C13H15BrFN5. The maximum absolute atomic E-state index is 14.0. The normalized spacial score (nSPS) is 10.4. The Bertz CT molecular complexity index is 618. The second kappa shape index (κ2) is 6.13. The molecule has 1 heterocycles. The summed E-state index contributed by atoms with van der Waals surface area (Å²) in [7, 11) is 3.65. The van der Waals surface area contributed by atoms with Crippen molar-refractivity contribution in [2.45, 2.75) is 6.92 Å². The number of nitrogens with one attached hydrogen (secondary N) is 1. The average Bonchev–Trinajstić information content (AvgIpc) is 2.41. The van der Waals surface area contributed by atoms with E-state index in [1.54, 1.807) is 17.0 Å². The number of rotatable bonds is 4. The number of benzene rings is 1. The lowest BCUT2D eigenvalue weighted by Crippen LogP contribution is -2.16. The standard InChI is InChI=1S/C13H15BrFN5/c1-4-16-12-17-11(18-13(19-12)20(2)3)9-7-8(14)5-6-10(9)15/h5-7H,4H2,1-3H3,(H,16,17,18,19). The number of nitrogens with zero attached hydrogens (tertiary/aromatic N) is 4. The molecule has 0 atom stereocenters. The van der Waals surface area contributed by atoms with Crippen molar-refractivity contribution in [3.63, 3.8) is 0 Å². The van der Waals surface area contributed by atoms with E-state index in [4.69, 9.17) is 0 Å². The molecule has 0 unspecified atom stereocenters. The largest absolute Gasteiger partial charge is 0.354 e. The van der Waals surface area contributed by atoms with Gasteiger partial charge < -0.3 is 10.2 Å². The van der Waals surface area contributed by atoms with Gasteiger partial charge in [-0.25, -0.2) is 4.39 Å². The molecule has 0 bridgehead atoms. The molecule has 5 nitrogen and oxygen atoms in total. The third-order valence-corrected chi connectivity index (χ3v) is 3.02. The summed E-state index contributed by atoms with van der Waals surface area (Å²) in [4.78, 5) is 14.6. The Hall–Kier alpha value is -1.76. The Morgan fingerprint density at radius 2 is 2.00 bits per heavy atom. The van der Waals surface area contributed by atoms with Gasteiger partial charge in [0.1, 0.15) is 5.82 Å². The van der Waals surface area contributed by atoms with E-state index in [2.05, 4.69) is 36.2 Å². The number of anilines is 2. The van der Waals surface area contributed by atoms with Gasteiger partial charge in [0, 0.05) is 25.1 Å². The van der Waals surface area contributed by atoms with Crippen LogP contribution >= 0.6 is 15.9 Å². The van der Waals surface area contributed by atoms with E-state index in [1.807, 2.05) is 21.0 Å². The lowest BCUT2D eigenvalue weighted by atomic mass is 10.2. The van der Waals surface area contributed by atoms with Crippen LogP contribution in [-0.2, 0) is 0 Å². The SMILES string of the molecule is CCNc1nc(-c2cc(Br)ccc2F)nc(N(C)C)n1. The second-order valence-electron chi connectivity index (χ2n) is 4.33. The summed E-state index contributed by atoms with van der Waals surface area (Å²) >= 11 is 3.33. The maximum Gasteiger partial charge on any atom is 0.230 e. The van der Waals surface area contributed by atoms with E-state index in [9.17, 15) is 4.39 Å². The third kappa shape index (κ3) is 3.22. The molecule has 0 saturated heterocycles. The summed E-state index contributed by atoms with van der Waals surface area (Å²) in [5, 5.41) is 3.02. The minimum Gasteiger partial charge on any atom is -0.354 e. The first-order chi connectivity index (χ1) is 9.51. The summed E-state index contributed by atoms with van der Waals surface area (Å²) < 4.78 is 14.7. The summed E-state index contributed by atoms with van der Waals surface area (Å²) in [5.41, 5.74) is 0.337. The van der Waals surface area contributed by atoms with Gasteiger partial charge in [0.15, 0.2) is 5.82 Å². The lowest BCUT2D eigenvalue weighted by molar-refractivity contribution is 0.629. The molecule has 0 aliphatic rings. The Morgan fingerprint density at radius 1 is 1.25 bits per heavy atom. The topological polar surface area (TPSA) is 53.9 Å². The molecule has 0 amide bonds. The molecule has 2 rings (SSSR count). The van der Waals surface area contributed by atoms with Crippen LogP contribution in [0.1, 0.15) is 6.92 Å². The van der Waals surface area contributed by atoms with Gasteiger partial charge in [0.2, 0.25) is 11.9 Å². The van der Waals surface area contributed by atoms with Crippen LogP contribution in [0.2, 0.25) is 0 Å². The molecule has 106 valence electrons. The molecule has 0 aliphatic carbocycles. The van der Waals surface area contributed by atoms with Crippen LogP contribution in [-0.4, -0.2) is 35.6 Å². The molecule has 0 fully saturated rings. The van der Waals surface area contributed by atoms with E-state index < -0.39 is 0 Å². The van der Waals surface area contributed by atoms with Gasteiger partial charge in [-0.15, -0.1) is 0 Å². The van der Waals surface area contributed by atoms with Crippen LogP contribution < -0.4 is 10.2 Å². The van der Waals surface area contributed by atoms with Crippen molar-refractivity contribution in [3.8, 4) is 11.4 Å². The van der Waals surface area contributed by atoms with E-state index in [1.165, 1.54) is 6.07 Å². The Labute approximate surface area is 125 Å². The Kier molecular flexibility index (Phi) is 4.49. The van der Waals surface area contributed by atoms with E-state index in [0.29, 0.717) is 29.8 Å². The molecule has 0 radical (unpaired) electrons. The van der Waals surface area contributed by atoms with Crippen LogP contribution in [0.5, 0.6) is 0 Å². The monoisotopic (exact) mass is 339 g/mol. The molecule has 1 aromatic carbocycles. The highest BCUT2D eigenvalue weighted by atomic mass is 79.9. The van der Waals surface area contributed by atoms with Gasteiger partial charge in [-0.1, -0.05) is 15.9 Å². The van der Waals surface area contributed by atoms with Gasteiger partial charge in [0.25, 0.3) is 0 Å². The number of aromatic nitrogens is 3. The van der Waals surface area contributed by atoms with Crippen LogP contribution in [0.4, 0.5) is 16.3 Å². The highest BCUT2D eigenvalue weighted by Gasteiger charge is 2.13. The minimum atomic E-state index is -0.369. The lowest BCUT2D eigenvalue weighted by Gasteiger charge is -2.13. The summed E-state index contributed by atoms with van der Waals surface area (Å²) in [6.45, 7) is 2.62. The smallest absolute Gasteiger partial charge is 0.230 e. The summed E-state index contributed by atoms with van der Waals surface area (Å²) in [6, 6.07) is 4.67. The van der Waals surface area contributed by atoms with E-state index in [-0.39, 0.29) is 5.82 Å². The van der Waals surface area contributed by atoms with E-state index >= 15 is 0 Å². The average molecular weight is 340 g/mol. The molecule has 1 aromatic heterocycles. The fraction of sp³-hybridized carbons (Fsp3) is 0.308. The molecule has 20 heavy (non-hydrogen) atoms. The van der Waals surface area contributed by atoms with Crippen LogP contribution in [0, 0.1) is 5.82 Å². The highest BCUT2D eigenvalue weighted by Crippen LogP contribution is 2.25. The molecule has 0 saturated carbocycles. The van der Waals surface area contributed by atoms with Crippen molar-refractivity contribution < 1.29 is 4.39 Å². The van der Waals surface area contributed by atoms with E-state index in [0.717, 1.165) is 4.47 Å². The molecule has 0 spiro atoms. The highest BCUT2D eigenvalue weighted by molar-refractivity contribution is 9.10. The quantitative estimate of drug-likeness (QED) is 0.928. The summed E-state index contributed by atoms with van der Waals surface area (Å²) in [5.74, 6) is 0.843. The Morgan fingerprint density at radius 3 is 2.65 bits per heavy atom. The number of hydrogen-bond donors (Lipinski definition) is 1. The van der Waals surface area contributed by atoms with Crippen molar-refractivity contribution in [2.75, 3.05) is 30.9 Å². The minimum absolute atomic E-state index is 0.304. The van der Waals surface area contributed by atoms with Gasteiger partial charge in [0.05, 0.1) is 5.56 Å². The van der Waals surface area contributed by atoms with Crippen molar-refractivity contribution in [3.05, 3.63) is 28.5 Å². The van der Waals surface area contributed by atoms with Crippen LogP contribution in [0.3, 0.4) is 0 Å². The van der Waals surface area contributed by atoms with Crippen LogP contribution in [0.15, 0.2) is 22.7 Å². The fourth-order valence-electron chi connectivity index (χ4n) is 1.59. The first-order valence-electron chi connectivity index (χ1n) is 6.14. The first kappa shape index (κ1) is 14.6. The second-order valence-corrected chi connectivity index (χ2v) is 5.25. The van der Waals surface area contributed by atoms with Crippen molar-refractivity contribution >= 4 is 27.8 Å². The molecule has 0 aliphatic heterocycles. The van der Waals surface area contributed by atoms with Crippen molar-refractivity contribution in [1.29, 1.82) is 0 Å². The van der Waals surface area contributed by atoms with Gasteiger partial charge in [-0.05, 0) is 25.1 Å². The summed E-state index contributed by atoms with van der Waals surface area (Å²) in [6.07, 6.45) is 0. The van der Waals surface area contributed by atoms with Gasteiger partial charge in [-0.3, -0.25) is 0 Å². The molecule has 7 heteroatoms. The van der Waals surface area contributed by atoms with Crippen molar-refractivity contribution in [2.24, 2.45) is 0 Å². The molecular weight excluding hydrogens is 325 g/mol. The zero-order chi connectivity index (χ0) is 14.7. The van der Waals surface area contributed by atoms with Crippen LogP contribution in [0.25, 0.3) is 11.4 Å². The predicted octanol–water partition coefficient (Wildman–Crippen LogP) is 2.94. The predicted molar refractivity (Wildman–Crippen MR) is 81.4 cm³/mol. The first-order valence-corrected chi connectivity index (χ1v) is 6.93. The fourth-order valence-corrected chi connectivity index (χ4v) is 1.95.